The number of carbonyl (C=O) groups excluding carboxylic acids is 1. The molecule has 0 aliphatic heterocycles. The van der Waals surface area contributed by atoms with Crippen molar-refractivity contribution >= 4 is 17.5 Å². The Morgan fingerprint density at radius 1 is 1.04 bits per heavy atom. The van der Waals surface area contributed by atoms with Crippen molar-refractivity contribution in [3.05, 3.63) is 58.7 Å². The van der Waals surface area contributed by atoms with Crippen LogP contribution < -0.4 is 10.6 Å². The predicted molar refractivity (Wildman–Crippen MR) is 94.9 cm³/mol. The Morgan fingerprint density at radius 3 is 2.20 bits per heavy atom. The third kappa shape index (κ3) is 5.45. The molecule has 6 heteroatoms. The summed E-state index contributed by atoms with van der Waals surface area (Å²) >= 11 is 0. The number of anilines is 2. The van der Waals surface area contributed by atoms with Gasteiger partial charge in [-0.25, -0.2) is 13.6 Å². The fourth-order valence-corrected chi connectivity index (χ4v) is 2.55. The minimum Gasteiger partial charge on any atom is -0.449 e. The molecule has 0 saturated heterocycles. The number of halogens is 2. The van der Waals surface area contributed by atoms with Crippen molar-refractivity contribution in [1.29, 1.82) is 0 Å². The molecular formula is C19H22F2N2O2. The largest absolute Gasteiger partial charge is 0.449 e. The van der Waals surface area contributed by atoms with Crippen molar-refractivity contribution in [2.24, 2.45) is 0 Å². The molecular weight excluding hydrogens is 326 g/mol. The number of benzene rings is 2. The molecule has 0 aliphatic rings. The summed E-state index contributed by atoms with van der Waals surface area (Å²) in [7, 11) is 0. The fourth-order valence-electron chi connectivity index (χ4n) is 2.55. The second-order valence-corrected chi connectivity index (χ2v) is 5.88. The van der Waals surface area contributed by atoms with E-state index in [2.05, 4.69) is 10.6 Å². The molecule has 134 valence electrons. The Balaban J connectivity index is 2.07. The summed E-state index contributed by atoms with van der Waals surface area (Å²) in [5.74, 6) is -1.25. The van der Waals surface area contributed by atoms with E-state index in [0.29, 0.717) is 24.5 Å². The first-order chi connectivity index (χ1) is 11.9. The number of hydrogen-bond donors (Lipinski definition) is 2. The highest BCUT2D eigenvalue weighted by Gasteiger charge is 2.10. The smallest absolute Gasteiger partial charge is 0.411 e. The Kier molecular flexibility index (Phi) is 6.33. The van der Waals surface area contributed by atoms with E-state index in [-0.39, 0.29) is 0 Å². The van der Waals surface area contributed by atoms with Gasteiger partial charge in [-0.1, -0.05) is 19.1 Å². The van der Waals surface area contributed by atoms with E-state index in [1.54, 1.807) is 0 Å². The number of nitrogens with one attached hydrogen (secondary N) is 2. The van der Waals surface area contributed by atoms with Crippen LogP contribution in [0.4, 0.5) is 25.0 Å². The molecule has 0 aromatic heterocycles. The Bertz CT molecular complexity index is 720. The summed E-state index contributed by atoms with van der Waals surface area (Å²) in [5.41, 5.74) is 3.79. The zero-order valence-electron chi connectivity index (χ0n) is 14.6. The minimum atomic E-state index is -0.625. The SMILES string of the molecule is CCCOC(=O)Nc1c(C)cc(CNc2cc(F)cc(F)c2)cc1C. The number of carbonyl (C=O) groups is 1. The molecule has 0 heterocycles. The molecule has 0 saturated carbocycles. The quantitative estimate of drug-likeness (QED) is 0.759. The molecule has 0 fully saturated rings. The van der Waals surface area contributed by atoms with Gasteiger partial charge in [-0.15, -0.1) is 0 Å². The summed E-state index contributed by atoms with van der Waals surface area (Å²) < 4.78 is 31.5. The molecule has 2 aromatic rings. The van der Waals surface area contributed by atoms with E-state index >= 15 is 0 Å². The third-order valence-electron chi connectivity index (χ3n) is 3.62. The van der Waals surface area contributed by atoms with E-state index < -0.39 is 17.7 Å². The van der Waals surface area contributed by atoms with E-state index in [4.69, 9.17) is 4.74 Å². The second kappa shape index (κ2) is 8.46. The number of aryl methyl sites for hydroxylation is 2. The lowest BCUT2D eigenvalue weighted by molar-refractivity contribution is 0.161. The lowest BCUT2D eigenvalue weighted by Gasteiger charge is -2.15. The van der Waals surface area contributed by atoms with E-state index in [0.717, 1.165) is 29.2 Å². The maximum absolute atomic E-state index is 13.2. The fraction of sp³-hybridized carbons (Fsp3) is 0.316. The van der Waals surface area contributed by atoms with Crippen molar-refractivity contribution in [1.82, 2.24) is 0 Å². The molecule has 0 radical (unpaired) electrons. The van der Waals surface area contributed by atoms with Crippen LogP contribution in [0.3, 0.4) is 0 Å². The highest BCUT2D eigenvalue weighted by Crippen LogP contribution is 2.23. The molecule has 0 bridgehead atoms. The normalized spacial score (nSPS) is 10.4. The maximum Gasteiger partial charge on any atom is 0.411 e. The van der Waals surface area contributed by atoms with E-state index in [1.807, 2.05) is 32.9 Å². The Labute approximate surface area is 146 Å². The van der Waals surface area contributed by atoms with Crippen LogP contribution in [0.1, 0.15) is 30.0 Å². The molecule has 0 aliphatic carbocycles. The Morgan fingerprint density at radius 2 is 1.64 bits per heavy atom. The topological polar surface area (TPSA) is 50.4 Å². The summed E-state index contributed by atoms with van der Waals surface area (Å²) in [6, 6.07) is 7.12. The van der Waals surface area contributed by atoms with Gasteiger partial charge in [-0.3, -0.25) is 5.32 Å². The van der Waals surface area contributed by atoms with Crippen molar-refractivity contribution in [3.63, 3.8) is 0 Å². The van der Waals surface area contributed by atoms with Crippen LogP contribution in [0.25, 0.3) is 0 Å². The summed E-state index contributed by atoms with van der Waals surface area (Å²) in [6.07, 6.45) is 0.283. The van der Waals surface area contributed by atoms with Crippen LogP contribution in [0, 0.1) is 25.5 Å². The van der Waals surface area contributed by atoms with Gasteiger partial charge in [-0.05, 0) is 49.1 Å². The molecule has 1 amide bonds. The van der Waals surface area contributed by atoms with Crippen LogP contribution in [0.2, 0.25) is 0 Å². The minimum absolute atomic E-state index is 0.371. The van der Waals surface area contributed by atoms with Crippen molar-refractivity contribution in [2.45, 2.75) is 33.7 Å². The van der Waals surface area contributed by atoms with Gasteiger partial charge in [0, 0.05) is 24.0 Å². The highest BCUT2D eigenvalue weighted by atomic mass is 19.1. The predicted octanol–water partition coefficient (Wildman–Crippen LogP) is 5.15. The molecule has 4 nitrogen and oxygen atoms in total. The van der Waals surface area contributed by atoms with Gasteiger partial charge in [0.15, 0.2) is 0 Å². The second-order valence-electron chi connectivity index (χ2n) is 5.88. The van der Waals surface area contributed by atoms with Crippen LogP contribution in [0.5, 0.6) is 0 Å². The lowest BCUT2D eigenvalue weighted by Crippen LogP contribution is -2.16. The number of hydrogen-bond acceptors (Lipinski definition) is 3. The van der Waals surface area contributed by atoms with Crippen LogP contribution >= 0.6 is 0 Å². The molecule has 0 unspecified atom stereocenters. The first-order valence-electron chi connectivity index (χ1n) is 8.13. The summed E-state index contributed by atoms with van der Waals surface area (Å²) in [5, 5.41) is 5.74. The van der Waals surface area contributed by atoms with Gasteiger partial charge in [0.25, 0.3) is 0 Å². The third-order valence-corrected chi connectivity index (χ3v) is 3.62. The number of ether oxygens (including phenoxy) is 1. The number of amides is 1. The monoisotopic (exact) mass is 348 g/mol. The first-order valence-corrected chi connectivity index (χ1v) is 8.13. The van der Waals surface area contributed by atoms with Gasteiger partial charge in [-0.2, -0.15) is 0 Å². The van der Waals surface area contributed by atoms with E-state index in [1.165, 1.54) is 12.1 Å². The molecule has 2 N–H and O–H groups in total. The molecule has 2 aromatic carbocycles. The van der Waals surface area contributed by atoms with Crippen LogP contribution in [0.15, 0.2) is 30.3 Å². The molecule has 2 rings (SSSR count). The average molecular weight is 348 g/mol. The first kappa shape index (κ1) is 18.7. The average Bonchev–Trinajstić information content (AvgIpc) is 2.53. The summed E-state index contributed by atoms with van der Waals surface area (Å²) in [6.45, 7) is 6.47. The number of rotatable bonds is 6. The van der Waals surface area contributed by atoms with Crippen LogP contribution in [-0.4, -0.2) is 12.7 Å². The molecule has 0 atom stereocenters. The van der Waals surface area contributed by atoms with Gasteiger partial charge in [0.2, 0.25) is 0 Å². The van der Waals surface area contributed by atoms with Crippen molar-refractivity contribution < 1.29 is 18.3 Å². The lowest BCUT2D eigenvalue weighted by atomic mass is 10.0. The zero-order chi connectivity index (χ0) is 18.4. The maximum atomic E-state index is 13.2. The van der Waals surface area contributed by atoms with Gasteiger partial charge in [0.05, 0.1) is 6.61 Å². The molecule has 0 spiro atoms. The highest BCUT2D eigenvalue weighted by molar-refractivity contribution is 5.86. The zero-order valence-corrected chi connectivity index (χ0v) is 14.6. The van der Waals surface area contributed by atoms with E-state index in [9.17, 15) is 13.6 Å². The van der Waals surface area contributed by atoms with Gasteiger partial charge in [0.1, 0.15) is 11.6 Å². The van der Waals surface area contributed by atoms with Crippen LogP contribution in [-0.2, 0) is 11.3 Å². The Hall–Kier alpha value is -2.63. The summed E-state index contributed by atoms with van der Waals surface area (Å²) in [4.78, 5) is 11.7. The standard InChI is InChI=1S/C19H22F2N2O2/c1-4-5-25-19(24)23-18-12(2)6-14(7-13(18)3)11-22-17-9-15(20)8-16(21)10-17/h6-10,22H,4-5,11H2,1-3H3,(H,23,24). The van der Waals surface area contributed by atoms with Crippen molar-refractivity contribution in [2.75, 3.05) is 17.2 Å². The van der Waals surface area contributed by atoms with Gasteiger partial charge < -0.3 is 10.1 Å². The van der Waals surface area contributed by atoms with Crippen molar-refractivity contribution in [3.8, 4) is 0 Å². The molecule has 25 heavy (non-hydrogen) atoms. The van der Waals surface area contributed by atoms with Gasteiger partial charge >= 0.3 is 6.09 Å².